The van der Waals surface area contributed by atoms with Crippen LogP contribution < -0.4 is 0 Å². The van der Waals surface area contributed by atoms with Crippen LogP contribution in [0.2, 0.25) is 0 Å². The number of hydrogen-bond acceptors (Lipinski definition) is 11. The summed E-state index contributed by atoms with van der Waals surface area (Å²) in [5.74, 6) is -1.07. The molecule has 4 N–H and O–H groups in total. The van der Waals surface area contributed by atoms with Crippen molar-refractivity contribution in [1.29, 1.82) is 0 Å². The number of phosphoric ester groups is 2. The highest BCUT2D eigenvalue weighted by Gasteiger charge is 2.28. The summed E-state index contributed by atoms with van der Waals surface area (Å²) in [6.07, 6.45) is 44.0. The van der Waals surface area contributed by atoms with Gasteiger partial charge in [0.15, 0.2) is 11.9 Å². The fourth-order valence-electron chi connectivity index (χ4n) is 5.05. The number of esters is 2. The molecular formula is C46H74O14P2. The molecule has 352 valence electrons. The number of rotatable bonds is 40. The predicted octanol–water partition coefficient (Wildman–Crippen LogP) is 10.5. The van der Waals surface area contributed by atoms with E-state index in [9.17, 15) is 33.5 Å². The zero-order chi connectivity index (χ0) is 46.0. The van der Waals surface area contributed by atoms with Gasteiger partial charge in [0.25, 0.3) is 0 Å². The highest BCUT2D eigenvalue weighted by molar-refractivity contribution is 7.47. The molecule has 0 spiro atoms. The van der Waals surface area contributed by atoms with Gasteiger partial charge in [-0.2, -0.15) is 0 Å². The van der Waals surface area contributed by atoms with Gasteiger partial charge in [0.1, 0.15) is 12.7 Å². The van der Waals surface area contributed by atoms with Crippen molar-refractivity contribution < 1.29 is 66.3 Å². The van der Waals surface area contributed by atoms with Crippen LogP contribution in [0.1, 0.15) is 136 Å². The van der Waals surface area contributed by atoms with Crippen molar-refractivity contribution in [2.24, 2.45) is 0 Å². The molecule has 62 heavy (non-hydrogen) atoms. The summed E-state index contributed by atoms with van der Waals surface area (Å²) >= 11 is 0. The first-order valence-electron chi connectivity index (χ1n) is 21.9. The monoisotopic (exact) mass is 912 g/mol. The standard InChI is InChI=1S/C46H74O14P2/c1-3-5-7-8-9-10-11-12-13-14-15-16-19-23-26-29-33-37-46(50)60-44(41-59-62(54,55)58-39-43(48)38-57-61(51,52)53)40-56-45(49)36-32-28-25-22-20-17-18-21-24-27-31-35-42(47)34-30-6-4-2/h9-10,12-13,15-18,22-27,31,35,43-44,48H,3-8,11,14,19-21,28-30,32-34,36-41H2,1-2H3,(H,54,55)(H2,51,52,53)/b10-9-,13-12-,16-15-,18-17-,25-22-,26-23-,27-24-,35-31+/t43-,44+/m0/s1. The molecule has 0 aliphatic heterocycles. The molecule has 0 saturated carbocycles. The van der Waals surface area contributed by atoms with Crippen LogP contribution in [0.5, 0.6) is 0 Å². The third kappa shape index (κ3) is 43.4. The van der Waals surface area contributed by atoms with E-state index in [0.29, 0.717) is 32.1 Å². The molecule has 0 rings (SSSR count). The number of carbonyl (C=O) groups excluding carboxylic acids is 3. The lowest BCUT2D eigenvalue weighted by Gasteiger charge is -2.20. The van der Waals surface area contributed by atoms with Crippen LogP contribution in [0.3, 0.4) is 0 Å². The van der Waals surface area contributed by atoms with Crippen molar-refractivity contribution in [3.63, 3.8) is 0 Å². The van der Waals surface area contributed by atoms with Crippen molar-refractivity contribution in [3.8, 4) is 0 Å². The van der Waals surface area contributed by atoms with Crippen LogP contribution in [-0.2, 0) is 46.6 Å². The molecule has 3 atom stereocenters. The Bertz CT molecular complexity index is 1520. The molecule has 0 fully saturated rings. The quantitative estimate of drug-likeness (QED) is 0.0112. The fourth-order valence-corrected chi connectivity index (χ4v) is 6.21. The summed E-state index contributed by atoms with van der Waals surface area (Å²) in [6, 6.07) is 0. The summed E-state index contributed by atoms with van der Waals surface area (Å²) in [6.45, 7) is 1.41. The second kappa shape index (κ2) is 40.5. The summed E-state index contributed by atoms with van der Waals surface area (Å²) in [4.78, 5) is 64.4. The molecule has 14 nitrogen and oxygen atoms in total. The number of allylic oxidation sites excluding steroid dienone is 16. The zero-order valence-electron chi connectivity index (χ0n) is 36.9. The smallest absolute Gasteiger partial charge is 0.462 e. The van der Waals surface area contributed by atoms with Gasteiger partial charge < -0.3 is 29.3 Å². The molecule has 0 heterocycles. The van der Waals surface area contributed by atoms with Crippen LogP contribution >= 0.6 is 15.6 Å². The summed E-state index contributed by atoms with van der Waals surface area (Å²) in [7, 11) is -9.74. The van der Waals surface area contributed by atoms with E-state index >= 15 is 0 Å². The Morgan fingerprint density at radius 1 is 0.516 bits per heavy atom. The number of ketones is 1. The Kier molecular flexibility index (Phi) is 38.3. The zero-order valence-corrected chi connectivity index (χ0v) is 38.7. The lowest BCUT2D eigenvalue weighted by molar-refractivity contribution is -0.161. The maximum absolute atomic E-state index is 12.6. The summed E-state index contributed by atoms with van der Waals surface area (Å²) in [5, 5.41) is 9.74. The number of carbonyl (C=O) groups is 3. The lowest BCUT2D eigenvalue weighted by atomic mass is 10.1. The van der Waals surface area contributed by atoms with E-state index in [-0.39, 0.29) is 18.6 Å². The van der Waals surface area contributed by atoms with Crippen molar-refractivity contribution in [2.75, 3.05) is 26.4 Å². The van der Waals surface area contributed by atoms with E-state index in [2.05, 4.69) is 59.4 Å². The van der Waals surface area contributed by atoms with Crippen LogP contribution in [0.25, 0.3) is 0 Å². The van der Waals surface area contributed by atoms with Crippen LogP contribution in [0.15, 0.2) is 97.2 Å². The lowest BCUT2D eigenvalue weighted by Crippen LogP contribution is -2.29. The molecule has 16 heteroatoms. The Morgan fingerprint density at radius 2 is 0.984 bits per heavy atom. The maximum Gasteiger partial charge on any atom is 0.472 e. The number of aliphatic hydroxyl groups excluding tert-OH is 1. The molecule has 0 bridgehead atoms. The van der Waals surface area contributed by atoms with E-state index in [1.807, 2.05) is 48.6 Å². The van der Waals surface area contributed by atoms with Gasteiger partial charge in [0.05, 0.1) is 19.8 Å². The minimum atomic E-state index is -4.89. The molecule has 0 aromatic heterocycles. The normalized spacial score (nSPS) is 14.8. The predicted molar refractivity (Wildman–Crippen MR) is 244 cm³/mol. The Morgan fingerprint density at radius 3 is 1.53 bits per heavy atom. The molecule has 0 aliphatic carbocycles. The third-order valence-corrected chi connectivity index (χ3v) is 9.85. The fraction of sp³-hybridized carbons (Fsp3) is 0.587. The number of phosphoric acid groups is 2. The Hall–Kier alpha value is -3.29. The van der Waals surface area contributed by atoms with Gasteiger partial charge >= 0.3 is 27.6 Å². The second-order valence-corrected chi connectivity index (χ2v) is 17.0. The number of unbranched alkanes of at least 4 members (excludes halogenated alkanes) is 7. The van der Waals surface area contributed by atoms with Crippen LogP contribution in [0.4, 0.5) is 0 Å². The first-order valence-corrected chi connectivity index (χ1v) is 24.9. The third-order valence-electron chi connectivity index (χ3n) is 8.41. The maximum atomic E-state index is 12.6. The molecule has 0 aliphatic rings. The molecule has 0 amide bonds. The summed E-state index contributed by atoms with van der Waals surface area (Å²) < 4.78 is 47.6. The van der Waals surface area contributed by atoms with Gasteiger partial charge in [-0.1, -0.05) is 131 Å². The van der Waals surface area contributed by atoms with Gasteiger partial charge in [-0.05, 0) is 83.1 Å². The van der Waals surface area contributed by atoms with Gasteiger partial charge in [0, 0.05) is 19.3 Å². The molecular weight excluding hydrogens is 838 g/mol. The molecule has 0 aromatic carbocycles. The van der Waals surface area contributed by atoms with Crippen molar-refractivity contribution in [2.45, 2.75) is 148 Å². The highest BCUT2D eigenvalue weighted by Crippen LogP contribution is 2.43. The second-order valence-electron chi connectivity index (χ2n) is 14.3. The highest BCUT2D eigenvalue weighted by atomic mass is 31.2. The minimum Gasteiger partial charge on any atom is -0.462 e. The van der Waals surface area contributed by atoms with Gasteiger partial charge in [-0.25, -0.2) is 9.13 Å². The van der Waals surface area contributed by atoms with Crippen molar-refractivity contribution in [1.82, 2.24) is 0 Å². The number of aliphatic hydroxyl groups is 1. The molecule has 0 aromatic rings. The number of ether oxygens (including phenoxy) is 2. The SMILES string of the molecule is CCCCC/C=C\C/C=C\C/C=C\C/C=C\CCCC(=O)O[C@H](COC(=O)CCC/C=C\C/C=C\C/C=C\C=C\C(=O)CCCCC)COP(=O)(O)OC[C@@H](O)COP(=O)(O)O. The van der Waals surface area contributed by atoms with Crippen LogP contribution in [0, 0.1) is 0 Å². The average Bonchev–Trinajstić information content (AvgIpc) is 3.23. The van der Waals surface area contributed by atoms with Crippen LogP contribution in [-0.4, -0.2) is 76.1 Å². The first kappa shape index (κ1) is 58.7. The summed E-state index contributed by atoms with van der Waals surface area (Å²) in [5.41, 5.74) is 0. The van der Waals surface area contributed by atoms with Gasteiger partial charge in [-0.15, -0.1) is 0 Å². The number of hydrogen-bond donors (Lipinski definition) is 4. The average molecular weight is 913 g/mol. The molecule has 1 unspecified atom stereocenters. The minimum absolute atomic E-state index is 0.0263. The largest absolute Gasteiger partial charge is 0.472 e. The van der Waals surface area contributed by atoms with Crippen molar-refractivity contribution in [3.05, 3.63) is 97.2 Å². The van der Waals surface area contributed by atoms with E-state index in [4.69, 9.17) is 23.8 Å². The topological polar surface area (TPSA) is 212 Å². The van der Waals surface area contributed by atoms with E-state index < -0.39 is 66.2 Å². The Labute approximate surface area is 370 Å². The van der Waals surface area contributed by atoms with E-state index in [1.165, 1.54) is 19.3 Å². The van der Waals surface area contributed by atoms with E-state index in [0.717, 1.165) is 57.8 Å². The molecule has 0 radical (unpaired) electrons. The molecule has 0 saturated heterocycles. The van der Waals surface area contributed by atoms with E-state index in [1.54, 1.807) is 12.2 Å². The first-order chi connectivity index (χ1) is 29.8. The van der Waals surface area contributed by atoms with Crippen molar-refractivity contribution >= 4 is 33.4 Å². The van der Waals surface area contributed by atoms with Gasteiger partial charge in [0.2, 0.25) is 0 Å². The van der Waals surface area contributed by atoms with Gasteiger partial charge in [-0.3, -0.25) is 28.0 Å². The Balaban J connectivity index is 4.76.